The van der Waals surface area contributed by atoms with E-state index in [0.717, 1.165) is 5.56 Å². The quantitative estimate of drug-likeness (QED) is 0.125. The molecule has 0 saturated carbocycles. The number of aromatic hydroxyl groups is 1. The van der Waals surface area contributed by atoms with Gasteiger partial charge in [-0.1, -0.05) is 42.5 Å². The van der Waals surface area contributed by atoms with Gasteiger partial charge in [0.05, 0.1) is 12.4 Å². The summed E-state index contributed by atoms with van der Waals surface area (Å²) in [6, 6.07) is 11.0. The minimum atomic E-state index is -1.19. The monoisotopic (exact) mass is 596 g/mol. The van der Waals surface area contributed by atoms with Crippen LogP contribution in [0.25, 0.3) is 0 Å². The van der Waals surface area contributed by atoms with Gasteiger partial charge in [0.2, 0.25) is 17.7 Å². The van der Waals surface area contributed by atoms with Crippen LogP contribution in [-0.4, -0.2) is 80.0 Å². The molecule has 0 aliphatic rings. The molecule has 0 radical (unpaired) electrons. The van der Waals surface area contributed by atoms with Gasteiger partial charge in [0.15, 0.2) is 0 Å². The van der Waals surface area contributed by atoms with Crippen LogP contribution in [0.1, 0.15) is 23.2 Å². The zero-order valence-corrected chi connectivity index (χ0v) is 24.0. The number of aromatic nitrogens is 2. The maximum absolute atomic E-state index is 13.6. The number of carboxylic acids is 1. The SMILES string of the molecule is CSCCC(NC(=O)C(Cc1cnc[nH]1)NC(=O)C(Cc1ccc(O)cc1)NC(=O)C(N)Cc1ccccc1)C(=O)O. The molecule has 3 amide bonds. The van der Waals surface area contributed by atoms with Crippen LogP contribution in [-0.2, 0) is 38.4 Å². The molecule has 1 aromatic heterocycles. The lowest BCUT2D eigenvalue weighted by atomic mass is 10.0. The number of phenols is 1. The van der Waals surface area contributed by atoms with Gasteiger partial charge in [-0.15, -0.1) is 0 Å². The van der Waals surface area contributed by atoms with Crippen molar-refractivity contribution in [2.45, 2.75) is 49.9 Å². The standard InChI is InChI=1S/C29H36N6O6S/c1-42-12-11-23(29(40)41)33-28(39)25(15-20-16-31-17-32-20)35-27(38)24(14-19-7-9-21(36)10-8-19)34-26(37)22(30)13-18-5-3-2-4-6-18/h2-10,16-17,22-25,36H,11-15,30H2,1H3,(H,31,32)(H,33,39)(H,34,37)(H,35,38)(H,40,41). The van der Waals surface area contributed by atoms with Crippen molar-refractivity contribution in [3.8, 4) is 5.75 Å². The van der Waals surface area contributed by atoms with E-state index in [1.165, 1.54) is 36.4 Å². The van der Waals surface area contributed by atoms with Crippen molar-refractivity contribution < 1.29 is 29.4 Å². The fourth-order valence-corrected chi connectivity index (χ4v) is 4.65. The van der Waals surface area contributed by atoms with Crippen molar-refractivity contribution in [2.75, 3.05) is 12.0 Å². The van der Waals surface area contributed by atoms with Crippen LogP contribution < -0.4 is 21.7 Å². The summed E-state index contributed by atoms with van der Waals surface area (Å²) >= 11 is 1.45. The predicted octanol–water partition coefficient (Wildman–Crippen LogP) is 0.763. The number of phenolic OH excluding ortho intramolecular Hbond substituents is 1. The minimum absolute atomic E-state index is 0.000162. The Balaban J connectivity index is 1.80. The first-order valence-electron chi connectivity index (χ1n) is 13.3. The number of carboxylic acid groups (broad SMARTS) is 1. The van der Waals surface area contributed by atoms with Crippen LogP contribution in [0, 0.1) is 0 Å². The second-order valence-corrected chi connectivity index (χ2v) is 10.7. The topological polar surface area (TPSA) is 200 Å². The second-order valence-electron chi connectivity index (χ2n) is 9.75. The molecule has 2 aromatic carbocycles. The Kier molecular flexibility index (Phi) is 12.4. The summed E-state index contributed by atoms with van der Waals surface area (Å²) in [6.07, 6.45) is 5.24. The van der Waals surface area contributed by atoms with Crippen LogP contribution in [0.2, 0.25) is 0 Å². The molecule has 0 aliphatic carbocycles. The highest BCUT2D eigenvalue weighted by Crippen LogP contribution is 2.13. The molecule has 0 bridgehead atoms. The molecule has 13 heteroatoms. The molecule has 0 aliphatic heterocycles. The van der Waals surface area contributed by atoms with Crippen molar-refractivity contribution in [3.05, 3.63) is 83.9 Å². The molecular weight excluding hydrogens is 560 g/mol. The fourth-order valence-electron chi connectivity index (χ4n) is 4.18. The summed E-state index contributed by atoms with van der Waals surface area (Å²) in [5, 5.41) is 27.2. The summed E-state index contributed by atoms with van der Waals surface area (Å²) in [5.41, 5.74) is 8.20. The maximum atomic E-state index is 13.6. The second kappa shape index (κ2) is 16.2. The molecule has 3 aromatic rings. The number of aliphatic carboxylic acids is 1. The molecule has 0 spiro atoms. The van der Waals surface area contributed by atoms with E-state index < -0.39 is 47.9 Å². The number of aromatic amines is 1. The van der Waals surface area contributed by atoms with Gasteiger partial charge in [0.1, 0.15) is 23.9 Å². The van der Waals surface area contributed by atoms with Crippen molar-refractivity contribution in [3.63, 3.8) is 0 Å². The maximum Gasteiger partial charge on any atom is 0.326 e. The van der Waals surface area contributed by atoms with Gasteiger partial charge in [-0.25, -0.2) is 9.78 Å². The Morgan fingerprint density at radius 1 is 0.857 bits per heavy atom. The van der Waals surface area contributed by atoms with Crippen molar-refractivity contribution in [1.29, 1.82) is 0 Å². The third-order valence-electron chi connectivity index (χ3n) is 6.48. The van der Waals surface area contributed by atoms with E-state index >= 15 is 0 Å². The first-order valence-corrected chi connectivity index (χ1v) is 14.7. The molecule has 1 heterocycles. The third-order valence-corrected chi connectivity index (χ3v) is 7.13. The van der Waals surface area contributed by atoms with E-state index in [4.69, 9.17) is 5.73 Å². The van der Waals surface area contributed by atoms with E-state index in [2.05, 4.69) is 25.9 Å². The lowest BCUT2D eigenvalue weighted by Crippen LogP contribution is -2.58. The minimum Gasteiger partial charge on any atom is -0.508 e. The molecule has 0 fully saturated rings. The van der Waals surface area contributed by atoms with Crippen LogP contribution in [0.4, 0.5) is 0 Å². The van der Waals surface area contributed by atoms with Crippen molar-refractivity contribution >= 4 is 35.5 Å². The van der Waals surface area contributed by atoms with E-state index in [1.54, 1.807) is 12.1 Å². The largest absolute Gasteiger partial charge is 0.508 e. The summed E-state index contributed by atoms with van der Waals surface area (Å²) in [6.45, 7) is 0. The molecule has 42 heavy (non-hydrogen) atoms. The van der Waals surface area contributed by atoms with Gasteiger partial charge in [0, 0.05) is 24.7 Å². The Morgan fingerprint density at radius 3 is 2.05 bits per heavy atom. The molecule has 224 valence electrons. The van der Waals surface area contributed by atoms with Gasteiger partial charge in [0.25, 0.3) is 0 Å². The highest BCUT2D eigenvalue weighted by Gasteiger charge is 2.31. The lowest BCUT2D eigenvalue weighted by molar-refractivity contribution is -0.142. The molecule has 4 atom stereocenters. The van der Waals surface area contributed by atoms with Crippen molar-refractivity contribution in [1.82, 2.24) is 25.9 Å². The number of imidazole rings is 1. The number of amides is 3. The number of benzene rings is 2. The zero-order valence-electron chi connectivity index (χ0n) is 23.2. The van der Waals surface area contributed by atoms with E-state index in [0.29, 0.717) is 17.0 Å². The summed E-state index contributed by atoms with van der Waals surface area (Å²) in [7, 11) is 0. The van der Waals surface area contributed by atoms with Crippen LogP contribution >= 0.6 is 11.8 Å². The summed E-state index contributed by atoms with van der Waals surface area (Å²) in [4.78, 5) is 58.6. The Labute approximate surface area is 247 Å². The fraction of sp³-hybridized carbons (Fsp3) is 0.345. The number of rotatable bonds is 16. The van der Waals surface area contributed by atoms with E-state index in [9.17, 15) is 29.4 Å². The first kappa shape index (κ1) is 32.2. The third kappa shape index (κ3) is 10.2. The summed E-state index contributed by atoms with van der Waals surface area (Å²) in [5.74, 6) is -2.55. The lowest BCUT2D eigenvalue weighted by Gasteiger charge is -2.25. The van der Waals surface area contributed by atoms with Gasteiger partial charge in [-0.3, -0.25) is 14.4 Å². The smallest absolute Gasteiger partial charge is 0.326 e. The highest BCUT2D eigenvalue weighted by atomic mass is 32.2. The van der Waals surface area contributed by atoms with Crippen LogP contribution in [0.3, 0.4) is 0 Å². The van der Waals surface area contributed by atoms with Gasteiger partial charge in [-0.2, -0.15) is 11.8 Å². The average Bonchev–Trinajstić information content (AvgIpc) is 3.49. The van der Waals surface area contributed by atoms with Crippen LogP contribution in [0.5, 0.6) is 5.75 Å². The first-order chi connectivity index (χ1) is 20.2. The zero-order chi connectivity index (χ0) is 30.5. The normalized spacial score (nSPS) is 13.8. The Bertz CT molecular complexity index is 1310. The van der Waals surface area contributed by atoms with Gasteiger partial charge >= 0.3 is 5.97 Å². The highest BCUT2D eigenvalue weighted by molar-refractivity contribution is 7.98. The van der Waals surface area contributed by atoms with E-state index in [-0.39, 0.29) is 31.4 Å². The predicted molar refractivity (Wildman–Crippen MR) is 159 cm³/mol. The number of carbonyl (C=O) groups is 4. The molecular formula is C29H36N6O6S. The number of carbonyl (C=O) groups excluding carboxylic acids is 3. The molecule has 4 unspecified atom stereocenters. The molecule has 12 nitrogen and oxygen atoms in total. The number of hydrogen-bond acceptors (Lipinski definition) is 8. The number of thioether (sulfide) groups is 1. The number of nitrogens with two attached hydrogens (primary N) is 1. The van der Waals surface area contributed by atoms with Crippen molar-refractivity contribution in [2.24, 2.45) is 5.73 Å². The number of nitrogens with zero attached hydrogens (tertiary/aromatic N) is 1. The van der Waals surface area contributed by atoms with Gasteiger partial charge < -0.3 is 36.9 Å². The summed E-state index contributed by atoms with van der Waals surface area (Å²) < 4.78 is 0. The van der Waals surface area contributed by atoms with Gasteiger partial charge in [-0.05, 0) is 48.1 Å². The molecule has 0 saturated heterocycles. The Hall–Kier alpha value is -4.36. The molecule has 8 N–H and O–H groups in total. The number of nitrogens with one attached hydrogen (secondary N) is 4. The van der Waals surface area contributed by atoms with E-state index in [1.807, 2.05) is 36.6 Å². The van der Waals surface area contributed by atoms with Crippen LogP contribution in [0.15, 0.2) is 67.1 Å². The average molecular weight is 597 g/mol. The number of H-pyrrole nitrogens is 1. The number of hydrogen-bond donors (Lipinski definition) is 7. The Morgan fingerprint density at radius 2 is 1.45 bits per heavy atom. The molecule has 3 rings (SSSR count).